The first-order chi connectivity index (χ1) is 14.8. The van der Waals surface area contributed by atoms with E-state index in [0.717, 1.165) is 6.07 Å². The molecule has 0 fully saturated rings. The molecule has 1 atom stereocenters. The average molecular weight is 445 g/mol. The number of benzene rings is 2. The summed E-state index contributed by atoms with van der Waals surface area (Å²) < 4.78 is 6.63. The van der Waals surface area contributed by atoms with Crippen LogP contribution >= 0.6 is 11.6 Å². The highest BCUT2D eigenvalue weighted by molar-refractivity contribution is 6.33. The summed E-state index contributed by atoms with van der Waals surface area (Å²) in [4.78, 5) is 46.6. The zero-order valence-corrected chi connectivity index (χ0v) is 17.0. The highest BCUT2D eigenvalue weighted by Gasteiger charge is 2.20. The maximum atomic E-state index is 12.3. The van der Waals surface area contributed by atoms with Crippen LogP contribution in [-0.2, 0) is 20.9 Å². The van der Waals surface area contributed by atoms with Crippen molar-refractivity contribution >= 4 is 45.8 Å². The second kappa shape index (κ2) is 9.35. The lowest BCUT2D eigenvalue weighted by Crippen LogP contribution is -2.30. The third-order valence-electron chi connectivity index (χ3n) is 4.39. The Labute approximate surface area is 180 Å². The summed E-state index contributed by atoms with van der Waals surface area (Å²) in [6.07, 6.45) is -0.0803. The van der Waals surface area contributed by atoms with Gasteiger partial charge in [0.2, 0.25) is 5.43 Å². The molecule has 0 aliphatic carbocycles. The minimum absolute atomic E-state index is 0.0349. The smallest absolute Gasteiger partial charge is 0.308 e. The summed E-state index contributed by atoms with van der Waals surface area (Å²) in [5, 5.41) is 17.9. The predicted octanol–water partition coefficient (Wildman–Crippen LogP) is 2.92. The first-order valence-electron chi connectivity index (χ1n) is 9.15. The van der Waals surface area contributed by atoms with E-state index < -0.39 is 22.9 Å². The molecule has 1 aromatic heterocycles. The number of esters is 1. The number of para-hydroxylation sites is 1. The van der Waals surface area contributed by atoms with Gasteiger partial charge in [-0.2, -0.15) is 5.10 Å². The van der Waals surface area contributed by atoms with E-state index in [9.17, 15) is 24.5 Å². The maximum Gasteiger partial charge on any atom is 0.308 e. The molecule has 0 aliphatic heterocycles. The topological polar surface area (TPSA) is 133 Å². The van der Waals surface area contributed by atoms with Gasteiger partial charge in [0.15, 0.2) is 6.10 Å². The van der Waals surface area contributed by atoms with Gasteiger partial charge in [0.25, 0.3) is 11.6 Å². The largest absolute Gasteiger partial charge is 0.452 e. The molecule has 1 amide bonds. The number of amides is 1. The third kappa shape index (κ3) is 5.23. The Morgan fingerprint density at radius 1 is 1.29 bits per heavy atom. The van der Waals surface area contributed by atoms with Gasteiger partial charge in [-0.25, -0.2) is 0 Å². The molecule has 160 valence electrons. The molecular formula is C20H17ClN4O6. The minimum Gasteiger partial charge on any atom is -0.452 e. The van der Waals surface area contributed by atoms with Crippen molar-refractivity contribution in [1.82, 2.24) is 9.78 Å². The number of rotatable bonds is 7. The lowest BCUT2D eigenvalue weighted by atomic mass is 10.2. The van der Waals surface area contributed by atoms with E-state index in [0.29, 0.717) is 10.9 Å². The van der Waals surface area contributed by atoms with Crippen LogP contribution in [0.4, 0.5) is 11.4 Å². The second-order valence-electron chi connectivity index (χ2n) is 6.54. The van der Waals surface area contributed by atoms with Crippen LogP contribution in [-0.4, -0.2) is 32.7 Å². The molecule has 3 aromatic rings. The van der Waals surface area contributed by atoms with Crippen molar-refractivity contribution in [3.05, 3.63) is 74.0 Å². The summed E-state index contributed by atoms with van der Waals surface area (Å²) in [5.41, 5.74) is 0.145. The van der Waals surface area contributed by atoms with Crippen LogP contribution in [0.25, 0.3) is 10.9 Å². The fourth-order valence-electron chi connectivity index (χ4n) is 2.80. The zero-order chi connectivity index (χ0) is 22.5. The van der Waals surface area contributed by atoms with Gasteiger partial charge in [-0.3, -0.25) is 29.2 Å². The SMILES string of the molecule is CC(OC(=O)CCn1ncc(=O)c2ccccc21)C(=O)Nc1cc([N+](=O)[O-])ccc1Cl. The lowest BCUT2D eigenvalue weighted by molar-refractivity contribution is -0.384. The van der Waals surface area contributed by atoms with Gasteiger partial charge in [-0.1, -0.05) is 23.7 Å². The van der Waals surface area contributed by atoms with E-state index in [2.05, 4.69) is 10.4 Å². The summed E-state index contributed by atoms with van der Waals surface area (Å²) in [6, 6.07) is 10.5. The van der Waals surface area contributed by atoms with Gasteiger partial charge in [0, 0.05) is 17.5 Å². The first-order valence-corrected chi connectivity index (χ1v) is 9.53. The Morgan fingerprint density at radius 2 is 2.03 bits per heavy atom. The highest BCUT2D eigenvalue weighted by atomic mass is 35.5. The Bertz CT molecular complexity index is 1230. The van der Waals surface area contributed by atoms with Gasteiger partial charge in [0.1, 0.15) is 0 Å². The molecule has 1 heterocycles. The number of aromatic nitrogens is 2. The summed E-state index contributed by atoms with van der Waals surface area (Å²) in [5.74, 6) is -1.35. The first kappa shape index (κ1) is 21.9. The van der Waals surface area contributed by atoms with E-state index in [1.54, 1.807) is 24.3 Å². The van der Waals surface area contributed by atoms with Crippen molar-refractivity contribution in [3.63, 3.8) is 0 Å². The van der Waals surface area contributed by atoms with Gasteiger partial charge in [-0.15, -0.1) is 0 Å². The van der Waals surface area contributed by atoms with E-state index in [1.807, 2.05) is 0 Å². The number of anilines is 1. The zero-order valence-electron chi connectivity index (χ0n) is 16.3. The van der Waals surface area contributed by atoms with Crippen LogP contribution in [0.1, 0.15) is 13.3 Å². The number of halogens is 1. The van der Waals surface area contributed by atoms with Gasteiger partial charge in [-0.05, 0) is 25.1 Å². The number of nitrogens with zero attached hydrogens (tertiary/aromatic N) is 3. The summed E-state index contributed by atoms with van der Waals surface area (Å²) in [7, 11) is 0. The van der Waals surface area contributed by atoms with Crippen molar-refractivity contribution in [2.45, 2.75) is 26.0 Å². The van der Waals surface area contributed by atoms with E-state index in [4.69, 9.17) is 16.3 Å². The fourth-order valence-corrected chi connectivity index (χ4v) is 2.97. The van der Waals surface area contributed by atoms with E-state index in [1.165, 1.54) is 29.9 Å². The number of hydrogen-bond donors (Lipinski definition) is 1. The van der Waals surface area contributed by atoms with Gasteiger partial charge in [0.05, 0.1) is 40.3 Å². The van der Waals surface area contributed by atoms with Crippen molar-refractivity contribution in [1.29, 1.82) is 0 Å². The number of carbonyl (C=O) groups excluding carboxylic acids is 2. The molecule has 0 aliphatic rings. The van der Waals surface area contributed by atoms with Crippen LogP contribution in [0.2, 0.25) is 5.02 Å². The summed E-state index contributed by atoms with van der Waals surface area (Å²) >= 11 is 5.95. The van der Waals surface area contributed by atoms with Crippen molar-refractivity contribution in [2.75, 3.05) is 5.32 Å². The predicted molar refractivity (Wildman–Crippen MR) is 113 cm³/mol. The second-order valence-corrected chi connectivity index (χ2v) is 6.95. The van der Waals surface area contributed by atoms with Crippen molar-refractivity contribution in [2.24, 2.45) is 0 Å². The van der Waals surface area contributed by atoms with Crippen LogP contribution in [0, 0.1) is 10.1 Å². The number of carbonyl (C=O) groups is 2. The molecule has 2 aromatic carbocycles. The van der Waals surface area contributed by atoms with Crippen molar-refractivity contribution in [3.8, 4) is 0 Å². The molecule has 0 radical (unpaired) electrons. The molecule has 1 N–H and O–H groups in total. The number of hydrogen-bond acceptors (Lipinski definition) is 7. The number of ether oxygens (including phenoxy) is 1. The number of nitro groups is 1. The number of fused-ring (bicyclic) bond motifs is 1. The highest BCUT2D eigenvalue weighted by Crippen LogP contribution is 2.26. The maximum absolute atomic E-state index is 12.3. The number of nitrogens with one attached hydrogen (secondary N) is 1. The van der Waals surface area contributed by atoms with E-state index >= 15 is 0 Å². The molecule has 1 unspecified atom stereocenters. The fraction of sp³-hybridized carbons (Fsp3) is 0.200. The van der Waals surface area contributed by atoms with Crippen LogP contribution in [0.5, 0.6) is 0 Å². The van der Waals surface area contributed by atoms with Crippen LogP contribution in [0.15, 0.2) is 53.5 Å². The minimum atomic E-state index is -1.17. The Morgan fingerprint density at radius 3 is 2.77 bits per heavy atom. The molecule has 0 bridgehead atoms. The number of nitro benzene ring substituents is 1. The quantitative estimate of drug-likeness (QED) is 0.336. The lowest BCUT2D eigenvalue weighted by Gasteiger charge is -2.15. The van der Waals surface area contributed by atoms with Crippen LogP contribution < -0.4 is 10.7 Å². The standard InChI is InChI=1S/C20H17ClN4O6/c1-12(20(28)23-16-10-13(25(29)30)6-7-15(16)21)31-19(27)8-9-24-17-5-3-2-4-14(17)18(26)11-22-24/h2-7,10-12H,8-9H2,1H3,(H,23,28). The molecule has 11 heteroatoms. The average Bonchev–Trinajstić information content (AvgIpc) is 2.74. The number of non-ortho nitro benzene ring substituents is 1. The molecule has 31 heavy (non-hydrogen) atoms. The Kier molecular flexibility index (Phi) is 6.61. The monoisotopic (exact) mass is 444 g/mol. The Balaban J connectivity index is 1.60. The molecule has 10 nitrogen and oxygen atoms in total. The molecular weight excluding hydrogens is 428 g/mol. The molecule has 0 spiro atoms. The van der Waals surface area contributed by atoms with Gasteiger partial charge >= 0.3 is 5.97 Å². The molecule has 0 saturated carbocycles. The van der Waals surface area contributed by atoms with Crippen LogP contribution in [0.3, 0.4) is 0 Å². The summed E-state index contributed by atoms with van der Waals surface area (Å²) in [6.45, 7) is 1.51. The van der Waals surface area contributed by atoms with E-state index in [-0.39, 0.29) is 34.8 Å². The molecule has 3 rings (SSSR count). The number of aryl methyl sites for hydroxylation is 1. The Hall–Kier alpha value is -3.79. The normalized spacial score (nSPS) is 11.7. The van der Waals surface area contributed by atoms with Crippen molar-refractivity contribution < 1.29 is 19.2 Å². The van der Waals surface area contributed by atoms with Gasteiger partial charge < -0.3 is 10.1 Å². The molecule has 0 saturated heterocycles. The third-order valence-corrected chi connectivity index (χ3v) is 4.72.